The lowest BCUT2D eigenvalue weighted by atomic mass is 9.92. The zero-order chi connectivity index (χ0) is 22.4. The van der Waals surface area contributed by atoms with Gasteiger partial charge in [0.2, 0.25) is 11.8 Å². The van der Waals surface area contributed by atoms with Gasteiger partial charge in [-0.15, -0.1) is 0 Å². The molecule has 164 valence electrons. The van der Waals surface area contributed by atoms with Crippen molar-refractivity contribution >= 4 is 17.5 Å². The number of anilines is 1. The van der Waals surface area contributed by atoms with E-state index in [1.807, 2.05) is 36.1 Å². The van der Waals surface area contributed by atoms with Crippen molar-refractivity contribution in [1.29, 1.82) is 0 Å². The SMILES string of the molecule is CC(=O)N1c2ccc(-c3cnn(C4CC4)c3)c(Oc3ncccc3C(N)=O)c2CC[C@@H]1C. The van der Waals surface area contributed by atoms with Crippen LogP contribution in [-0.4, -0.2) is 32.6 Å². The van der Waals surface area contributed by atoms with Gasteiger partial charge in [-0.25, -0.2) is 4.98 Å². The molecule has 2 amide bonds. The summed E-state index contributed by atoms with van der Waals surface area (Å²) in [5.41, 5.74) is 9.25. The van der Waals surface area contributed by atoms with Gasteiger partial charge in [-0.3, -0.25) is 14.3 Å². The van der Waals surface area contributed by atoms with Crippen molar-refractivity contribution in [2.45, 2.75) is 51.6 Å². The summed E-state index contributed by atoms with van der Waals surface area (Å²) in [6, 6.07) is 7.70. The minimum atomic E-state index is -0.611. The van der Waals surface area contributed by atoms with Crippen molar-refractivity contribution in [2.24, 2.45) is 5.73 Å². The van der Waals surface area contributed by atoms with E-state index in [0.29, 0.717) is 11.8 Å². The quantitative estimate of drug-likeness (QED) is 0.661. The summed E-state index contributed by atoms with van der Waals surface area (Å²) in [6.07, 6.45) is 9.22. The number of hydrogen-bond donors (Lipinski definition) is 1. The number of fused-ring (bicyclic) bond motifs is 1. The lowest BCUT2D eigenvalue weighted by Gasteiger charge is -2.35. The number of carbonyl (C=O) groups is 2. The van der Waals surface area contributed by atoms with Crippen molar-refractivity contribution < 1.29 is 14.3 Å². The average molecular weight is 431 g/mol. The normalized spacial score (nSPS) is 17.7. The van der Waals surface area contributed by atoms with Gasteiger partial charge >= 0.3 is 0 Å². The molecule has 1 fully saturated rings. The molecule has 0 bridgehead atoms. The van der Waals surface area contributed by atoms with Crippen LogP contribution < -0.4 is 15.4 Å². The Morgan fingerprint density at radius 3 is 2.72 bits per heavy atom. The van der Waals surface area contributed by atoms with Crippen molar-refractivity contribution in [3.63, 3.8) is 0 Å². The number of carbonyl (C=O) groups excluding carboxylic acids is 2. The predicted molar refractivity (Wildman–Crippen MR) is 120 cm³/mol. The van der Waals surface area contributed by atoms with E-state index in [0.717, 1.165) is 48.1 Å². The molecule has 0 saturated heterocycles. The van der Waals surface area contributed by atoms with E-state index in [1.54, 1.807) is 30.2 Å². The van der Waals surface area contributed by atoms with Crippen LogP contribution in [0.3, 0.4) is 0 Å². The minimum Gasteiger partial charge on any atom is -0.437 e. The van der Waals surface area contributed by atoms with Crippen LogP contribution >= 0.6 is 0 Å². The summed E-state index contributed by atoms with van der Waals surface area (Å²) >= 11 is 0. The van der Waals surface area contributed by atoms with Crippen molar-refractivity contribution in [3.8, 4) is 22.8 Å². The summed E-state index contributed by atoms with van der Waals surface area (Å²) in [4.78, 5) is 30.5. The number of primary amides is 1. The molecule has 2 aromatic heterocycles. The van der Waals surface area contributed by atoms with Crippen LogP contribution in [0.5, 0.6) is 11.6 Å². The number of pyridine rings is 1. The van der Waals surface area contributed by atoms with Gasteiger partial charge in [0.05, 0.1) is 17.9 Å². The molecule has 8 nitrogen and oxygen atoms in total. The first-order valence-electron chi connectivity index (χ1n) is 10.9. The molecule has 1 atom stereocenters. The van der Waals surface area contributed by atoms with Crippen LogP contribution in [0, 0.1) is 0 Å². The Bertz CT molecular complexity index is 1210. The van der Waals surface area contributed by atoms with Gasteiger partial charge in [-0.1, -0.05) is 0 Å². The Morgan fingerprint density at radius 2 is 2.00 bits per heavy atom. The van der Waals surface area contributed by atoms with Crippen molar-refractivity contribution in [3.05, 3.63) is 54.0 Å². The van der Waals surface area contributed by atoms with Crippen LogP contribution in [0.1, 0.15) is 55.1 Å². The summed E-state index contributed by atoms with van der Waals surface area (Å²) in [7, 11) is 0. The van der Waals surface area contributed by atoms with Gasteiger partial charge in [0, 0.05) is 42.0 Å². The number of nitrogens with two attached hydrogens (primary N) is 1. The number of aromatic nitrogens is 3. The second-order valence-corrected chi connectivity index (χ2v) is 8.48. The first-order valence-corrected chi connectivity index (χ1v) is 10.9. The maximum Gasteiger partial charge on any atom is 0.254 e. The van der Waals surface area contributed by atoms with E-state index in [-0.39, 0.29) is 23.4 Å². The molecule has 5 rings (SSSR count). The molecule has 0 spiro atoms. The van der Waals surface area contributed by atoms with Crippen molar-refractivity contribution in [2.75, 3.05) is 4.90 Å². The van der Waals surface area contributed by atoms with Gasteiger partial charge in [-0.05, 0) is 56.9 Å². The van der Waals surface area contributed by atoms with Gasteiger partial charge in [-0.2, -0.15) is 5.10 Å². The van der Waals surface area contributed by atoms with Crippen LogP contribution in [0.15, 0.2) is 42.9 Å². The average Bonchev–Trinajstić information content (AvgIpc) is 3.50. The second kappa shape index (κ2) is 7.78. The third kappa shape index (κ3) is 3.51. The van der Waals surface area contributed by atoms with Crippen LogP contribution in [0.2, 0.25) is 0 Å². The molecule has 3 aromatic rings. The topological polar surface area (TPSA) is 103 Å². The van der Waals surface area contributed by atoms with Gasteiger partial charge in [0.1, 0.15) is 11.3 Å². The summed E-state index contributed by atoms with van der Waals surface area (Å²) in [6.45, 7) is 3.62. The third-order valence-electron chi connectivity index (χ3n) is 6.16. The molecule has 1 saturated carbocycles. The highest BCUT2D eigenvalue weighted by Crippen LogP contribution is 2.45. The highest BCUT2D eigenvalue weighted by atomic mass is 16.5. The number of benzene rings is 1. The van der Waals surface area contributed by atoms with E-state index in [1.165, 1.54) is 0 Å². The van der Waals surface area contributed by atoms with E-state index >= 15 is 0 Å². The second-order valence-electron chi connectivity index (χ2n) is 8.48. The summed E-state index contributed by atoms with van der Waals surface area (Å²) < 4.78 is 8.30. The zero-order valence-electron chi connectivity index (χ0n) is 18.1. The monoisotopic (exact) mass is 431 g/mol. The Labute approximate surface area is 186 Å². The molecule has 1 aliphatic heterocycles. The fraction of sp³-hybridized carbons (Fsp3) is 0.333. The largest absolute Gasteiger partial charge is 0.437 e. The Balaban J connectivity index is 1.67. The molecule has 32 heavy (non-hydrogen) atoms. The third-order valence-corrected chi connectivity index (χ3v) is 6.16. The Kier molecular flexibility index (Phi) is 4.92. The Morgan fingerprint density at radius 1 is 1.19 bits per heavy atom. The molecule has 1 aliphatic carbocycles. The van der Waals surface area contributed by atoms with E-state index < -0.39 is 5.91 Å². The highest BCUT2D eigenvalue weighted by Gasteiger charge is 2.31. The molecule has 8 heteroatoms. The molecule has 2 N–H and O–H groups in total. The molecule has 2 aliphatic rings. The van der Waals surface area contributed by atoms with Gasteiger partial charge in [0.25, 0.3) is 5.91 Å². The lowest BCUT2D eigenvalue weighted by molar-refractivity contribution is -0.117. The fourth-order valence-electron chi connectivity index (χ4n) is 4.40. The molecule has 0 unspecified atom stereocenters. The number of hydrogen-bond acceptors (Lipinski definition) is 5. The number of rotatable bonds is 5. The zero-order valence-corrected chi connectivity index (χ0v) is 18.1. The van der Waals surface area contributed by atoms with E-state index in [2.05, 4.69) is 10.1 Å². The van der Waals surface area contributed by atoms with Gasteiger partial charge < -0.3 is 15.4 Å². The van der Waals surface area contributed by atoms with Crippen molar-refractivity contribution in [1.82, 2.24) is 14.8 Å². The number of nitrogens with zero attached hydrogens (tertiary/aromatic N) is 4. The molecule has 3 heterocycles. The first kappa shape index (κ1) is 20.2. The summed E-state index contributed by atoms with van der Waals surface area (Å²) in [5, 5.41) is 4.52. The van der Waals surface area contributed by atoms with E-state index in [4.69, 9.17) is 10.5 Å². The lowest BCUT2D eigenvalue weighted by Crippen LogP contribution is -2.40. The molecule has 1 aromatic carbocycles. The van der Waals surface area contributed by atoms with Crippen LogP contribution in [0.25, 0.3) is 11.1 Å². The minimum absolute atomic E-state index is 0.0191. The summed E-state index contributed by atoms with van der Waals surface area (Å²) in [5.74, 6) is 0.101. The van der Waals surface area contributed by atoms with E-state index in [9.17, 15) is 9.59 Å². The van der Waals surface area contributed by atoms with Gasteiger partial charge in [0.15, 0.2) is 0 Å². The Hall–Kier alpha value is -3.68. The molecular weight excluding hydrogens is 406 g/mol. The maximum absolute atomic E-state index is 12.4. The number of amides is 2. The first-order chi connectivity index (χ1) is 15.4. The molecule has 0 radical (unpaired) electrons. The molecular formula is C24H25N5O3. The standard InChI is InChI=1S/C24H25N5O3/c1-14-5-8-19-21(29(14)15(2)30)10-9-18(16-12-27-28(13-16)17-6-7-17)22(19)32-24-20(23(25)31)4-3-11-26-24/h3-4,9-14,17H,5-8H2,1-2H3,(H2,25,31)/t14-/m0/s1. The maximum atomic E-state index is 12.4. The highest BCUT2D eigenvalue weighted by molar-refractivity contribution is 5.96. The fourth-order valence-corrected chi connectivity index (χ4v) is 4.40. The smallest absolute Gasteiger partial charge is 0.254 e. The van der Waals surface area contributed by atoms with Crippen LogP contribution in [0.4, 0.5) is 5.69 Å². The van der Waals surface area contributed by atoms with Crippen LogP contribution in [-0.2, 0) is 11.2 Å². The number of ether oxygens (including phenoxy) is 1. The predicted octanol–water partition coefficient (Wildman–Crippen LogP) is 3.86.